The average Bonchev–Trinajstić information content (AvgIpc) is 3.05. The monoisotopic (exact) mass is 398 g/mol. The highest BCUT2D eigenvalue weighted by Crippen LogP contribution is 2.19. The maximum Gasteiger partial charge on any atom is 0.234 e. The molecule has 8 heteroatoms. The van der Waals surface area contributed by atoms with Crippen LogP contribution in [-0.4, -0.2) is 33.5 Å². The van der Waals surface area contributed by atoms with Gasteiger partial charge in [0.15, 0.2) is 11.0 Å². The second kappa shape index (κ2) is 9.27. The highest BCUT2D eigenvalue weighted by molar-refractivity contribution is 7.99. The summed E-state index contributed by atoms with van der Waals surface area (Å²) in [5.41, 5.74) is 1.85. The van der Waals surface area contributed by atoms with Crippen LogP contribution in [0.15, 0.2) is 53.7 Å². The number of methoxy groups -OCH3 is 1. The van der Waals surface area contributed by atoms with Gasteiger partial charge in [-0.05, 0) is 48.9 Å². The normalized spacial score (nSPS) is 10.5. The minimum absolute atomic E-state index is 0.115. The Bertz CT molecular complexity index is 941. The molecule has 0 atom stereocenters. The molecule has 0 aliphatic carbocycles. The molecule has 0 fully saturated rings. The molecule has 0 unspecified atom stereocenters. The lowest BCUT2D eigenvalue weighted by Crippen LogP contribution is -2.14. The van der Waals surface area contributed by atoms with Gasteiger partial charge in [0.25, 0.3) is 0 Å². The third kappa shape index (κ3) is 5.26. The van der Waals surface area contributed by atoms with Gasteiger partial charge in [0.05, 0.1) is 12.9 Å². The zero-order valence-corrected chi connectivity index (χ0v) is 16.8. The average molecular weight is 398 g/mol. The highest BCUT2D eigenvalue weighted by atomic mass is 32.2. The van der Waals surface area contributed by atoms with Crippen molar-refractivity contribution >= 4 is 23.4 Å². The number of hydrogen-bond acceptors (Lipinski definition) is 6. The van der Waals surface area contributed by atoms with Gasteiger partial charge in [0.1, 0.15) is 18.1 Å². The van der Waals surface area contributed by atoms with Crippen molar-refractivity contribution in [2.45, 2.75) is 18.7 Å². The molecular formula is C20H22N4O3S. The molecule has 146 valence electrons. The van der Waals surface area contributed by atoms with Crippen LogP contribution in [0.25, 0.3) is 0 Å². The van der Waals surface area contributed by atoms with Crippen LogP contribution in [0.3, 0.4) is 0 Å². The first-order valence-electron chi connectivity index (χ1n) is 8.69. The summed E-state index contributed by atoms with van der Waals surface area (Å²) in [6, 6.07) is 15.0. The number of thioether (sulfide) groups is 1. The number of aromatic nitrogens is 3. The fourth-order valence-corrected chi connectivity index (χ4v) is 3.18. The molecule has 3 aromatic rings. The number of nitrogens with one attached hydrogen (secondary N) is 1. The van der Waals surface area contributed by atoms with E-state index in [1.165, 1.54) is 11.8 Å². The second-order valence-electron chi connectivity index (χ2n) is 6.13. The minimum atomic E-state index is -0.115. The molecule has 1 amide bonds. The van der Waals surface area contributed by atoms with E-state index in [4.69, 9.17) is 9.47 Å². The van der Waals surface area contributed by atoms with Crippen LogP contribution in [0.2, 0.25) is 0 Å². The van der Waals surface area contributed by atoms with Gasteiger partial charge in [0, 0.05) is 12.7 Å². The third-order valence-electron chi connectivity index (χ3n) is 3.99. The Labute approximate surface area is 168 Å². The number of rotatable bonds is 8. The van der Waals surface area contributed by atoms with Crippen LogP contribution < -0.4 is 14.8 Å². The lowest BCUT2D eigenvalue weighted by molar-refractivity contribution is -0.113. The molecule has 7 nitrogen and oxygen atoms in total. The molecule has 0 saturated heterocycles. The maximum atomic E-state index is 12.2. The van der Waals surface area contributed by atoms with Crippen molar-refractivity contribution in [3.8, 4) is 11.5 Å². The molecule has 28 heavy (non-hydrogen) atoms. The standard InChI is InChI=1S/C20H22N4O3S/c1-14-5-4-6-17(11-14)27-12-18-22-23-20(24(18)2)28-13-19(25)21-15-7-9-16(26-3)10-8-15/h4-11H,12-13H2,1-3H3,(H,21,25). The summed E-state index contributed by atoms with van der Waals surface area (Å²) < 4.78 is 12.7. The SMILES string of the molecule is COc1ccc(NC(=O)CSc2nnc(COc3cccc(C)c3)n2C)cc1. The summed E-state index contributed by atoms with van der Waals surface area (Å²) in [5.74, 6) is 2.34. The van der Waals surface area contributed by atoms with E-state index in [-0.39, 0.29) is 11.7 Å². The zero-order chi connectivity index (χ0) is 19.9. The van der Waals surface area contributed by atoms with Crippen LogP contribution in [0.4, 0.5) is 5.69 Å². The Morgan fingerprint density at radius 3 is 2.64 bits per heavy atom. The predicted molar refractivity (Wildman–Crippen MR) is 109 cm³/mol. The third-order valence-corrected chi connectivity index (χ3v) is 5.01. The number of ether oxygens (including phenoxy) is 2. The summed E-state index contributed by atoms with van der Waals surface area (Å²) in [7, 11) is 3.46. The van der Waals surface area contributed by atoms with E-state index < -0.39 is 0 Å². The fourth-order valence-electron chi connectivity index (χ4n) is 2.45. The lowest BCUT2D eigenvalue weighted by Gasteiger charge is -2.08. The van der Waals surface area contributed by atoms with Crippen molar-refractivity contribution < 1.29 is 14.3 Å². The van der Waals surface area contributed by atoms with Crippen LogP contribution in [0, 0.1) is 6.92 Å². The zero-order valence-electron chi connectivity index (χ0n) is 16.0. The van der Waals surface area contributed by atoms with Crippen LogP contribution in [-0.2, 0) is 18.4 Å². The summed E-state index contributed by atoms with van der Waals surface area (Å²) >= 11 is 1.32. The van der Waals surface area contributed by atoms with Gasteiger partial charge in [-0.25, -0.2) is 0 Å². The second-order valence-corrected chi connectivity index (χ2v) is 7.07. The minimum Gasteiger partial charge on any atom is -0.497 e. The molecule has 0 radical (unpaired) electrons. The summed E-state index contributed by atoms with van der Waals surface area (Å²) in [6.07, 6.45) is 0. The van der Waals surface area contributed by atoms with Gasteiger partial charge in [-0.15, -0.1) is 10.2 Å². The van der Waals surface area contributed by atoms with Crippen LogP contribution in [0.1, 0.15) is 11.4 Å². The fraction of sp³-hybridized carbons (Fsp3) is 0.250. The topological polar surface area (TPSA) is 78.3 Å². The number of amides is 1. The number of nitrogens with zero attached hydrogens (tertiary/aromatic N) is 3. The Morgan fingerprint density at radius 1 is 1.14 bits per heavy atom. The first kappa shape index (κ1) is 19.8. The number of carbonyl (C=O) groups excluding carboxylic acids is 1. The van der Waals surface area contributed by atoms with Crippen LogP contribution in [0.5, 0.6) is 11.5 Å². The summed E-state index contributed by atoms with van der Waals surface area (Å²) in [4.78, 5) is 12.2. The number of hydrogen-bond donors (Lipinski definition) is 1. The molecule has 0 saturated carbocycles. The molecule has 0 bridgehead atoms. The summed E-state index contributed by atoms with van der Waals surface area (Å²) in [6.45, 7) is 2.33. The highest BCUT2D eigenvalue weighted by Gasteiger charge is 2.12. The lowest BCUT2D eigenvalue weighted by atomic mass is 10.2. The Balaban J connectivity index is 1.51. The Kier molecular flexibility index (Phi) is 6.54. The van der Waals surface area contributed by atoms with Crippen molar-refractivity contribution in [3.05, 3.63) is 59.9 Å². The van der Waals surface area contributed by atoms with Crippen molar-refractivity contribution in [3.63, 3.8) is 0 Å². The molecule has 0 aliphatic heterocycles. The first-order valence-corrected chi connectivity index (χ1v) is 9.68. The van der Waals surface area contributed by atoms with E-state index in [9.17, 15) is 4.79 Å². The maximum absolute atomic E-state index is 12.2. The molecule has 0 spiro atoms. The van der Waals surface area contributed by atoms with E-state index in [1.807, 2.05) is 42.8 Å². The van der Waals surface area contributed by atoms with Gasteiger partial charge in [-0.1, -0.05) is 23.9 Å². The van der Waals surface area contributed by atoms with E-state index in [1.54, 1.807) is 31.4 Å². The molecular weight excluding hydrogens is 376 g/mol. The molecule has 3 rings (SSSR count). The number of aryl methyl sites for hydroxylation is 1. The number of carbonyl (C=O) groups is 1. The van der Waals surface area contributed by atoms with Crippen molar-refractivity contribution in [2.24, 2.45) is 7.05 Å². The van der Waals surface area contributed by atoms with Crippen molar-refractivity contribution in [2.75, 3.05) is 18.2 Å². The van der Waals surface area contributed by atoms with Crippen molar-refractivity contribution in [1.29, 1.82) is 0 Å². The van der Waals surface area contributed by atoms with Crippen molar-refractivity contribution in [1.82, 2.24) is 14.8 Å². The molecule has 1 aromatic heterocycles. The van der Waals surface area contributed by atoms with E-state index in [0.29, 0.717) is 17.6 Å². The largest absolute Gasteiger partial charge is 0.497 e. The smallest absolute Gasteiger partial charge is 0.234 e. The summed E-state index contributed by atoms with van der Waals surface area (Å²) in [5, 5.41) is 11.8. The Hall–Kier alpha value is -3.00. The first-order chi connectivity index (χ1) is 13.5. The van der Waals surface area contributed by atoms with Gasteiger partial charge in [-0.2, -0.15) is 0 Å². The molecule has 1 heterocycles. The van der Waals surface area contributed by atoms with Gasteiger partial charge in [-0.3, -0.25) is 4.79 Å². The Morgan fingerprint density at radius 2 is 1.93 bits per heavy atom. The van der Waals surface area contributed by atoms with Gasteiger partial charge < -0.3 is 19.4 Å². The van der Waals surface area contributed by atoms with Gasteiger partial charge in [0.2, 0.25) is 5.91 Å². The quantitative estimate of drug-likeness (QED) is 0.586. The molecule has 1 N–H and O–H groups in total. The predicted octanol–water partition coefficient (Wildman–Crippen LogP) is 3.44. The van der Waals surface area contributed by atoms with E-state index >= 15 is 0 Å². The number of anilines is 1. The number of benzene rings is 2. The van der Waals surface area contributed by atoms with Gasteiger partial charge >= 0.3 is 0 Å². The molecule has 0 aliphatic rings. The van der Waals surface area contributed by atoms with E-state index in [2.05, 4.69) is 15.5 Å². The van der Waals surface area contributed by atoms with Crippen LogP contribution >= 0.6 is 11.8 Å². The molecule has 2 aromatic carbocycles. The van der Waals surface area contributed by atoms with E-state index in [0.717, 1.165) is 22.7 Å².